The summed E-state index contributed by atoms with van der Waals surface area (Å²) < 4.78 is 13.8. The summed E-state index contributed by atoms with van der Waals surface area (Å²) in [7, 11) is 0. The van der Waals surface area contributed by atoms with Gasteiger partial charge in [0.25, 0.3) is 5.56 Å². The first-order chi connectivity index (χ1) is 11.5. The molecule has 3 aromatic rings. The number of carbonyl (C=O) groups excluding carboxylic acids is 1. The van der Waals surface area contributed by atoms with E-state index in [1.54, 1.807) is 13.0 Å². The van der Waals surface area contributed by atoms with Crippen LogP contribution in [0.25, 0.3) is 16.6 Å². The van der Waals surface area contributed by atoms with E-state index < -0.39 is 12.0 Å². The van der Waals surface area contributed by atoms with Crippen LogP contribution in [-0.2, 0) is 16.0 Å². The van der Waals surface area contributed by atoms with Crippen LogP contribution >= 0.6 is 0 Å². The van der Waals surface area contributed by atoms with E-state index in [0.29, 0.717) is 29.8 Å². The number of carbonyl (C=O) groups is 1. The van der Waals surface area contributed by atoms with Crippen molar-refractivity contribution in [3.63, 3.8) is 0 Å². The van der Waals surface area contributed by atoms with Gasteiger partial charge in [-0.3, -0.25) is 9.20 Å². The van der Waals surface area contributed by atoms with Crippen LogP contribution in [-0.4, -0.2) is 26.8 Å². The van der Waals surface area contributed by atoms with Crippen LogP contribution in [0.5, 0.6) is 0 Å². The first-order valence-corrected chi connectivity index (χ1v) is 8.21. The highest BCUT2D eigenvalue weighted by molar-refractivity contribution is 5.83. The SMILES string of the molecule is CCOC(=O)C(CC)n1nc(CC)n2c(cc3oc(C)cc32)c1=O. The molecule has 0 aliphatic heterocycles. The standard InChI is InChI=1S/C17H21N3O4/c1-5-11(17(22)23-7-3)20-16(21)13-9-14-12(8-10(4)24-14)19(13)15(6-2)18-20/h8-9,11H,5-7H2,1-4H3. The highest BCUT2D eigenvalue weighted by atomic mass is 16.5. The first kappa shape index (κ1) is 16.3. The van der Waals surface area contributed by atoms with Gasteiger partial charge >= 0.3 is 5.97 Å². The van der Waals surface area contributed by atoms with E-state index in [9.17, 15) is 9.59 Å². The summed E-state index contributed by atoms with van der Waals surface area (Å²) in [5.41, 5.74) is 1.60. The predicted molar refractivity (Wildman–Crippen MR) is 89.3 cm³/mol. The van der Waals surface area contributed by atoms with E-state index in [1.165, 1.54) is 4.68 Å². The number of hydrogen-bond acceptors (Lipinski definition) is 5. The predicted octanol–water partition coefficient (Wildman–Crippen LogP) is 2.63. The fraction of sp³-hybridized carbons (Fsp3) is 0.471. The molecule has 7 nitrogen and oxygen atoms in total. The number of aryl methyl sites for hydroxylation is 2. The zero-order valence-corrected chi connectivity index (χ0v) is 14.3. The Morgan fingerprint density at radius 2 is 2.04 bits per heavy atom. The minimum atomic E-state index is -0.726. The van der Waals surface area contributed by atoms with Gasteiger partial charge in [0.1, 0.15) is 17.1 Å². The molecule has 0 aliphatic rings. The van der Waals surface area contributed by atoms with E-state index in [-0.39, 0.29) is 12.2 Å². The summed E-state index contributed by atoms with van der Waals surface area (Å²) in [6.07, 6.45) is 1.05. The van der Waals surface area contributed by atoms with Gasteiger partial charge < -0.3 is 9.15 Å². The molecule has 0 aliphatic carbocycles. The van der Waals surface area contributed by atoms with Crippen LogP contribution in [0.15, 0.2) is 21.3 Å². The van der Waals surface area contributed by atoms with E-state index >= 15 is 0 Å². The highest BCUT2D eigenvalue weighted by Gasteiger charge is 2.25. The van der Waals surface area contributed by atoms with Crippen LogP contribution in [0, 0.1) is 6.92 Å². The number of rotatable bonds is 5. The fourth-order valence-electron chi connectivity index (χ4n) is 3.00. The number of ether oxygens (including phenoxy) is 1. The fourth-order valence-corrected chi connectivity index (χ4v) is 3.00. The molecule has 1 atom stereocenters. The summed E-state index contributed by atoms with van der Waals surface area (Å²) >= 11 is 0. The first-order valence-electron chi connectivity index (χ1n) is 8.21. The van der Waals surface area contributed by atoms with Crippen molar-refractivity contribution in [2.75, 3.05) is 6.61 Å². The Bertz CT molecular complexity index is 964. The monoisotopic (exact) mass is 331 g/mol. The molecule has 0 saturated heterocycles. The van der Waals surface area contributed by atoms with Crippen molar-refractivity contribution in [2.24, 2.45) is 0 Å². The molecule has 1 unspecified atom stereocenters. The van der Waals surface area contributed by atoms with Crippen LogP contribution in [0.2, 0.25) is 0 Å². The molecular formula is C17H21N3O4. The lowest BCUT2D eigenvalue weighted by Gasteiger charge is -2.17. The number of esters is 1. The zero-order chi connectivity index (χ0) is 17.4. The van der Waals surface area contributed by atoms with Gasteiger partial charge in [-0.1, -0.05) is 13.8 Å². The smallest absolute Gasteiger partial charge is 0.331 e. The second kappa shape index (κ2) is 6.14. The molecule has 0 saturated carbocycles. The second-order valence-electron chi connectivity index (χ2n) is 5.67. The summed E-state index contributed by atoms with van der Waals surface area (Å²) in [4.78, 5) is 25.1. The topological polar surface area (TPSA) is 78.7 Å². The number of fused-ring (bicyclic) bond motifs is 3. The maximum Gasteiger partial charge on any atom is 0.331 e. The molecule has 0 aromatic carbocycles. The van der Waals surface area contributed by atoms with Gasteiger partial charge in [0.15, 0.2) is 11.6 Å². The molecule has 0 radical (unpaired) electrons. The normalized spacial score (nSPS) is 12.8. The summed E-state index contributed by atoms with van der Waals surface area (Å²) in [6, 6.07) is 2.87. The van der Waals surface area contributed by atoms with E-state index in [2.05, 4.69) is 5.10 Å². The van der Waals surface area contributed by atoms with Crippen molar-refractivity contribution < 1.29 is 13.9 Å². The maximum atomic E-state index is 12.9. The molecule has 3 rings (SSSR count). The van der Waals surface area contributed by atoms with Gasteiger partial charge in [-0.2, -0.15) is 5.10 Å². The third kappa shape index (κ3) is 2.40. The third-order valence-corrected chi connectivity index (χ3v) is 4.08. The highest BCUT2D eigenvalue weighted by Crippen LogP contribution is 2.24. The Balaban J connectivity index is 2.29. The van der Waals surface area contributed by atoms with Crippen molar-refractivity contribution in [2.45, 2.75) is 46.6 Å². The summed E-state index contributed by atoms with van der Waals surface area (Å²) in [5.74, 6) is 1.04. The van der Waals surface area contributed by atoms with E-state index in [0.717, 1.165) is 11.3 Å². The largest absolute Gasteiger partial charge is 0.464 e. The van der Waals surface area contributed by atoms with Gasteiger partial charge in [-0.15, -0.1) is 0 Å². The average molecular weight is 331 g/mol. The Morgan fingerprint density at radius 1 is 1.29 bits per heavy atom. The molecule has 0 fully saturated rings. The number of hydrogen-bond donors (Lipinski definition) is 0. The molecule has 0 amide bonds. The Labute approximate surface area is 138 Å². The van der Waals surface area contributed by atoms with Gasteiger partial charge in [0.2, 0.25) is 0 Å². The molecule has 7 heteroatoms. The summed E-state index contributed by atoms with van der Waals surface area (Å²) in [6.45, 7) is 7.66. The second-order valence-corrected chi connectivity index (χ2v) is 5.67. The Morgan fingerprint density at radius 3 is 2.67 bits per heavy atom. The number of aromatic nitrogens is 3. The molecule has 0 spiro atoms. The minimum absolute atomic E-state index is 0.268. The summed E-state index contributed by atoms with van der Waals surface area (Å²) in [5, 5.41) is 4.45. The molecule has 0 N–H and O–H groups in total. The lowest BCUT2D eigenvalue weighted by molar-refractivity contribution is -0.147. The van der Waals surface area contributed by atoms with Gasteiger partial charge in [-0.05, 0) is 20.3 Å². The number of furan rings is 1. The molecular weight excluding hydrogens is 310 g/mol. The van der Waals surface area contributed by atoms with Crippen molar-refractivity contribution >= 4 is 22.6 Å². The lowest BCUT2D eigenvalue weighted by Crippen LogP contribution is -2.35. The molecule has 3 aromatic heterocycles. The quantitative estimate of drug-likeness (QED) is 0.672. The van der Waals surface area contributed by atoms with Crippen molar-refractivity contribution in [3.8, 4) is 0 Å². The lowest BCUT2D eigenvalue weighted by atomic mass is 10.2. The van der Waals surface area contributed by atoms with Crippen molar-refractivity contribution in [1.82, 2.24) is 14.2 Å². The van der Waals surface area contributed by atoms with E-state index in [4.69, 9.17) is 9.15 Å². The molecule has 3 heterocycles. The van der Waals surface area contributed by atoms with Gasteiger partial charge in [0.05, 0.1) is 12.1 Å². The van der Waals surface area contributed by atoms with Gasteiger partial charge in [0, 0.05) is 18.6 Å². The third-order valence-electron chi connectivity index (χ3n) is 4.08. The zero-order valence-electron chi connectivity index (χ0n) is 14.3. The van der Waals surface area contributed by atoms with Crippen molar-refractivity contribution in [1.29, 1.82) is 0 Å². The Hall–Kier alpha value is -2.57. The Kier molecular flexibility index (Phi) is 4.17. The number of nitrogens with zero attached hydrogens (tertiary/aromatic N) is 3. The molecule has 128 valence electrons. The van der Waals surface area contributed by atoms with Crippen LogP contribution < -0.4 is 5.56 Å². The van der Waals surface area contributed by atoms with Crippen LogP contribution in [0.3, 0.4) is 0 Å². The molecule has 0 bridgehead atoms. The van der Waals surface area contributed by atoms with Crippen LogP contribution in [0.4, 0.5) is 0 Å². The maximum absolute atomic E-state index is 12.9. The average Bonchev–Trinajstić information content (AvgIpc) is 3.07. The molecule has 24 heavy (non-hydrogen) atoms. The van der Waals surface area contributed by atoms with Crippen LogP contribution in [0.1, 0.15) is 44.8 Å². The minimum Gasteiger partial charge on any atom is -0.464 e. The van der Waals surface area contributed by atoms with E-state index in [1.807, 2.05) is 31.2 Å². The van der Waals surface area contributed by atoms with Gasteiger partial charge in [-0.25, -0.2) is 9.48 Å². The van der Waals surface area contributed by atoms with Crippen molar-refractivity contribution in [3.05, 3.63) is 34.1 Å².